The summed E-state index contributed by atoms with van der Waals surface area (Å²) in [4.78, 5) is 27.8. The number of nitrogens with one attached hydrogen (secondary N) is 2. The van der Waals surface area contributed by atoms with E-state index in [1.807, 2.05) is 56.3 Å². The van der Waals surface area contributed by atoms with Gasteiger partial charge in [-0.2, -0.15) is 5.10 Å². The Morgan fingerprint density at radius 3 is 2.47 bits per heavy atom. The molecular weight excluding hydrogens is 454 g/mol. The van der Waals surface area contributed by atoms with Crippen LogP contribution in [0.1, 0.15) is 51.8 Å². The highest BCUT2D eigenvalue weighted by molar-refractivity contribution is 5.97. The van der Waals surface area contributed by atoms with Gasteiger partial charge in [-0.25, -0.2) is 9.48 Å². The van der Waals surface area contributed by atoms with Gasteiger partial charge >= 0.3 is 6.03 Å². The van der Waals surface area contributed by atoms with Crippen LogP contribution in [-0.4, -0.2) is 46.8 Å². The molecular formula is C28H37N5O3. The van der Waals surface area contributed by atoms with Gasteiger partial charge in [0.15, 0.2) is 0 Å². The van der Waals surface area contributed by atoms with Gasteiger partial charge in [-0.05, 0) is 43.2 Å². The molecule has 0 aliphatic rings. The van der Waals surface area contributed by atoms with Crippen molar-refractivity contribution in [2.45, 2.75) is 52.9 Å². The molecule has 192 valence electrons. The van der Waals surface area contributed by atoms with Crippen molar-refractivity contribution in [1.29, 1.82) is 0 Å². The highest BCUT2D eigenvalue weighted by atomic mass is 16.5. The lowest BCUT2D eigenvalue weighted by Crippen LogP contribution is -2.41. The molecule has 1 heterocycles. The third-order valence-corrected chi connectivity index (χ3v) is 5.74. The number of nitrogens with zero attached hydrogens (tertiary/aromatic N) is 3. The van der Waals surface area contributed by atoms with Crippen LogP contribution in [0.15, 0.2) is 54.6 Å². The van der Waals surface area contributed by atoms with Crippen molar-refractivity contribution in [3.05, 3.63) is 65.9 Å². The van der Waals surface area contributed by atoms with Gasteiger partial charge in [0.05, 0.1) is 24.2 Å². The number of hydrogen-bond donors (Lipinski definition) is 2. The Labute approximate surface area is 213 Å². The summed E-state index contributed by atoms with van der Waals surface area (Å²) in [7, 11) is 1.55. The highest BCUT2D eigenvalue weighted by Gasteiger charge is 2.23. The molecule has 3 amide bonds. The molecule has 3 aromatic rings. The van der Waals surface area contributed by atoms with E-state index in [-0.39, 0.29) is 23.9 Å². The predicted octanol–water partition coefficient (Wildman–Crippen LogP) is 5.76. The molecule has 0 radical (unpaired) electrons. The number of para-hydroxylation sites is 2. The van der Waals surface area contributed by atoms with E-state index in [0.717, 1.165) is 29.8 Å². The van der Waals surface area contributed by atoms with Crippen LogP contribution in [0.4, 0.5) is 16.3 Å². The van der Waals surface area contributed by atoms with Crippen molar-refractivity contribution in [3.8, 4) is 11.4 Å². The van der Waals surface area contributed by atoms with Gasteiger partial charge in [-0.3, -0.25) is 4.79 Å². The van der Waals surface area contributed by atoms with E-state index in [2.05, 4.69) is 31.4 Å². The van der Waals surface area contributed by atoms with Crippen molar-refractivity contribution < 1.29 is 14.3 Å². The number of carbonyl (C=O) groups excluding carboxylic acids is 2. The number of unbranched alkanes of at least 4 members (excludes halogenated alkanes) is 1. The molecule has 0 fully saturated rings. The first-order valence-corrected chi connectivity index (χ1v) is 12.3. The molecule has 8 nitrogen and oxygen atoms in total. The molecule has 36 heavy (non-hydrogen) atoms. The Morgan fingerprint density at radius 2 is 1.81 bits per heavy atom. The number of urea groups is 1. The Hall–Kier alpha value is -3.81. The number of anilines is 2. The quantitative estimate of drug-likeness (QED) is 0.398. The maximum atomic E-state index is 13.2. The second-order valence-electron chi connectivity index (χ2n) is 9.87. The molecule has 0 aliphatic carbocycles. The number of amides is 3. The summed E-state index contributed by atoms with van der Waals surface area (Å²) in [5, 5.41) is 10.6. The lowest BCUT2D eigenvalue weighted by atomic mass is 9.92. The number of aryl methyl sites for hydroxylation is 1. The molecule has 2 aromatic carbocycles. The zero-order chi connectivity index (χ0) is 26.3. The number of aromatic nitrogens is 2. The second-order valence-corrected chi connectivity index (χ2v) is 9.87. The number of carbonyl (C=O) groups is 2. The summed E-state index contributed by atoms with van der Waals surface area (Å²) in [6.45, 7) is 10.7. The van der Waals surface area contributed by atoms with Gasteiger partial charge in [-0.1, -0.05) is 58.4 Å². The van der Waals surface area contributed by atoms with Gasteiger partial charge in [0.2, 0.25) is 5.91 Å². The molecule has 0 atom stereocenters. The molecule has 0 aliphatic heterocycles. The first-order valence-electron chi connectivity index (χ1n) is 12.3. The average molecular weight is 492 g/mol. The maximum Gasteiger partial charge on any atom is 0.322 e. The van der Waals surface area contributed by atoms with E-state index in [4.69, 9.17) is 9.84 Å². The molecule has 8 heteroatoms. The van der Waals surface area contributed by atoms with Gasteiger partial charge in [0.1, 0.15) is 18.1 Å². The van der Waals surface area contributed by atoms with Crippen molar-refractivity contribution >= 4 is 23.4 Å². The van der Waals surface area contributed by atoms with Crippen molar-refractivity contribution in [1.82, 2.24) is 14.7 Å². The maximum absolute atomic E-state index is 13.2. The molecule has 2 N–H and O–H groups in total. The van der Waals surface area contributed by atoms with Gasteiger partial charge in [0.25, 0.3) is 0 Å². The molecule has 3 rings (SSSR count). The number of methoxy groups -OCH3 is 1. The largest absolute Gasteiger partial charge is 0.495 e. The first-order chi connectivity index (χ1) is 17.1. The summed E-state index contributed by atoms with van der Waals surface area (Å²) in [6, 6.07) is 16.7. The fraction of sp³-hybridized carbons (Fsp3) is 0.393. The van der Waals surface area contributed by atoms with Crippen LogP contribution in [0.25, 0.3) is 5.69 Å². The summed E-state index contributed by atoms with van der Waals surface area (Å²) < 4.78 is 7.09. The van der Waals surface area contributed by atoms with E-state index in [1.54, 1.807) is 23.9 Å². The third kappa shape index (κ3) is 6.87. The molecule has 0 spiro atoms. The van der Waals surface area contributed by atoms with Crippen LogP contribution in [0.3, 0.4) is 0 Å². The van der Waals surface area contributed by atoms with Gasteiger partial charge in [-0.15, -0.1) is 0 Å². The van der Waals surface area contributed by atoms with Crippen LogP contribution in [0.2, 0.25) is 0 Å². The molecule has 0 unspecified atom stereocenters. The second kappa shape index (κ2) is 11.7. The average Bonchev–Trinajstić information content (AvgIpc) is 3.26. The Bertz CT molecular complexity index is 1200. The zero-order valence-electron chi connectivity index (χ0n) is 22.1. The topological polar surface area (TPSA) is 88.5 Å². The number of benzene rings is 2. The standard InChI is InChI=1S/C28H37N5O3/c1-7-8-16-32(27(35)29-22-14-9-10-15-23(22)36-6)19-26(34)30-25-18-24(28(3,4)5)31-33(25)21-13-11-12-20(2)17-21/h9-15,17-18H,7-8,16,19H2,1-6H3,(H,29,35)(H,30,34). The van der Waals surface area contributed by atoms with Crippen LogP contribution >= 0.6 is 0 Å². The van der Waals surface area contributed by atoms with E-state index >= 15 is 0 Å². The summed E-state index contributed by atoms with van der Waals surface area (Å²) in [6.07, 6.45) is 1.68. The molecule has 0 saturated carbocycles. The SMILES string of the molecule is CCCCN(CC(=O)Nc1cc(C(C)(C)C)nn1-c1cccc(C)c1)C(=O)Nc1ccccc1OC. The molecule has 0 saturated heterocycles. The molecule has 0 bridgehead atoms. The minimum Gasteiger partial charge on any atom is -0.495 e. The third-order valence-electron chi connectivity index (χ3n) is 5.74. The normalized spacial score (nSPS) is 11.2. The van der Waals surface area contributed by atoms with Crippen LogP contribution in [0, 0.1) is 6.92 Å². The highest BCUT2D eigenvalue weighted by Crippen LogP contribution is 2.27. The Balaban J connectivity index is 1.82. The number of ether oxygens (including phenoxy) is 1. The van der Waals surface area contributed by atoms with Gasteiger partial charge in [0, 0.05) is 18.0 Å². The monoisotopic (exact) mass is 491 g/mol. The van der Waals surface area contributed by atoms with E-state index in [1.165, 1.54) is 4.90 Å². The predicted molar refractivity (Wildman–Crippen MR) is 144 cm³/mol. The summed E-state index contributed by atoms with van der Waals surface area (Å²) in [5.74, 6) is 0.828. The van der Waals surface area contributed by atoms with Crippen LogP contribution in [-0.2, 0) is 10.2 Å². The Morgan fingerprint density at radius 1 is 1.06 bits per heavy atom. The van der Waals surface area contributed by atoms with E-state index in [0.29, 0.717) is 23.8 Å². The molecule has 1 aromatic heterocycles. The van der Waals surface area contributed by atoms with Gasteiger partial charge < -0.3 is 20.3 Å². The van der Waals surface area contributed by atoms with Crippen molar-refractivity contribution in [2.24, 2.45) is 0 Å². The first kappa shape index (κ1) is 26.8. The van der Waals surface area contributed by atoms with Crippen LogP contribution in [0.5, 0.6) is 5.75 Å². The van der Waals surface area contributed by atoms with Crippen molar-refractivity contribution in [3.63, 3.8) is 0 Å². The van der Waals surface area contributed by atoms with E-state index in [9.17, 15) is 9.59 Å². The Kier molecular flexibility index (Phi) is 8.74. The minimum absolute atomic E-state index is 0.0924. The fourth-order valence-electron chi connectivity index (χ4n) is 3.69. The lowest BCUT2D eigenvalue weighted by Gasteiger charge is -2.23. The fourth-order valence-corrected chi connectivity index (χ4v) is 3.69. The van der Waals surface area contributed by atoms with Crippen molar-refractivity contribution in [2.75, 3.05) is 30.8 Å². The zero-order valence-corrected chi connectivity index (χ0v) is 22.1. The summed E-state index contributed by atoms with van der Waals surface area (Å²) in [5.41, 5.74) is 3.17. The number of hydrogen-bond acceptors (Lipinski definition) is 4. The van der Waals surface area contributed by atoms with E-state index < -0.39 is 0 Å². The minimum atomic E-state index is -0.356. The summed E-state index contributed by atoms with van der Waals surface area (Å²) >= 11 is 0. The smallest absolute Gasteiger partial charge is 0.322 e. The van der Waals surface area contributed by atoms with Crippen LogP contribution < -0.4 is 15.4 Å². The number of rotatable bonds is 9. The lowest BCUT2D eigenvalue weighted by molar-refractivity contribution is -0.116.